The quantitative estimate of drug-likeness (QED) is 0.363. The lowest BCUT2D eigenvalue weighted by Gasteiger charge is -2.05. The summed E-state index contributed by atoms with van der Waals surface area (Å²) in [6.45, 7) is 3.64. The molecule has 1 aromatic carbocycles. The number of esters is 1. The second kappa shape index (κ2) is 12.0. The van der Waals surface area contributed by atoms with Crippen molar-refractivity contribution in [3.63, 3.8) is 0 Å². The fourth-order valence-corrected chi connectivity index (χ4v) is 2.28. The van der Waals surface area contributed by atoms with E-state index in [1.165, 1.54) is 25.3 Å². The summed E-state index contributed by atoms with van der Waals surface area (Å²) in [5, 5.41) is 0. The number of benzene rings is 1. The zero-order chi connectivity index (χ0) is 16.0. The van der Waals surface area contributed by atoms with Crippen LogP contribution in [-0.2, 0) is 20.7 Å². The number of rotatable bonds is 12. The lowest BCUT2D eigenvalue weighted by molar-refractivity contribution is -0.141. The van der Waals surface area contributed by atoms with Gasteiger partial charge < -0.3 is 15.2 Å². The summed E-state index contributed by atoms with van der Waals surface area (Å²) < 4.78 is 10.5. The molecule has 0 radical (unpaired) electrons. The van der Waals surface area contributed by atoms with E-state index in [0.29, 0.717) is 6.61 Å². The molecule has 124 valence electrons. The molecule has 0 amide bonds. The molecule has 0 heterocycles. The maximum atomic E-state index is 10.6. The Morgan fingerprint density at radius 3 is 2.41 bits per heavy atom. The number of carbonyl (C=O) groups is 1. The molecule has 0 atom stereocenters. The first-order valence-electron chi connectivity index (χ1n) is 8.24. The molecule has 0 spiro atoms. The molecule has 0 aromatic heterocycles. The maximum Gasteiger partial charge on any atom is 0.302 e. The predicted molar refractivity (Wildman–Crippen MR) is 89.7 cm³/mol. The zero-order valence-electron chi connectivity index (χ0n) is 13.7. The van der Waals surface area contributed by atoms with Crippen LogP contribution in [0, 0.1) is 0 Å². The van der Waals surface area contributed by atoms with Crippen LogP contribution < -0.4 is 5.73 Å². The van der Waals surface area contributed by atoms with E-state index in [-0.39, 0.29) is 5.97 Å². The molecule has 0 bridgehead atoms. The molecule has 0 aliphatic heterocycles. The number of nitrogens with two attached hydrogens (primary N) is 1. The van der Waals surface area contributed by atoms with Crippen LogP contribution in [0.5, 0.6) is 0 Å². The molecule has 22 heavy (non-hydrogen) atoms. The third kappa shape index (κ3) is 10.2. The molecule has 1 rings (SSSR count). The normalized spacial score (nSPS) is 10.6. The van der Waals surface area contributed by atoms with Gasteiger partial charge in [-0.1, -0.05) is 31.4 Å². The van der Waals surface area contributed by atoms with Gasteiger partial charge in [0, 0.05) is 25.8 Å². The fourth-order valence-electron chi connectivity index (χ4n) is 2.28. The van der Waals surface area contributed by atoms with Gasteiger partial charge in [-0.05, 0) is 43.4 Å². The minimum Gasteiger partial charge on any atom is -0.466 e. The van der Waals surface area contributed by atoms with Crippen molar-refractivity contribution in [3.05, 3.63) is 29.8 Å². The van der Waals surface area contributed by atoms with Gasteiger partial charge in [-0.2, -0.15) is 0 Å². The van der Waals surface area contributed by atoms with Crippen molar-refractivity contribution in [2.24, 2.45) is 0 Å². The van der Waals surface area contributed by atoms with Gasteiger partial charge in [0.2, 0.25) is 0 Å². The average molecular weight is 307 g/mol. The minimum atomic E-state index is -0.188. The van der Waals surface area contributed by atoms with Gasteiger partial charge in [0.05, 0.1) is 6.61 Å². The van der Waals surface area contributed by atoms with Crippen LogP contribution in [0.15, 0.2) is 24.3 Å². The Morgan fingerprint density at radius 2 is 1.68 bits per heavy atom. The molecule has 4 heteroatoms. The molecular weight excluding hydrogens is 278 g/mol. The number of unbranched alkanes of at least 4 members (excludes halogenated alkanes) is 4. The summed E-state index contributed by atoms with van der Waals surface area (Å²) >= 11 is 0. The topological polar surface area (TPSA) is 61.5 Å². The number of anilines is 1. The standard InChI is InChI=1S/C18H29NO3/c1-16(20)22-14-6-4-2-3-5-12-21-13-8-10-17-9-7-11-18(19)15-17/h7,9,11,15H,2-6,8,10,12-14,19H2,1H3. The maximum absolute atomic E-state index is 10.6. The highest BCUT2D eigenvalue weighted by Gasteiger charge is 1.96. The van der Waals surface area contributed by atoms with Crippen molar-refractivity contribution < 1.29 is 14.3 Å². The molecule has 0 saturated carbocycles. The second-order valence-corrected chi connectivity index (χ2v) is 5.57. The van der Waals surface area contributed by atoms with Gasteiger partial charge >= 0.3 is 5.97 Å². The van der Waals surface area contributed by atoms with Gasteiger partial charge in [-0.15, -0.1) is 0 Å². The van der Waals surface area contributed by atoms with Crippen molar-refractivity contribution in [2.45, 2.75) is 51.9 Å². The van der Waals surface area contributed by atoms with Crippen LogP contribution >= 0.6 is 0 Å². The highest BCUT2D eigenvalue weighted by molar-refractivity contribution is 5.65. The highest BCUT2D eigenvalue weighted by atomic mass is 16.5. The van der Waals surface area contributed by atoms with Crippen LogP contribution in [0.2, 0.25) is 0 Å². The molecule has 4 nitrogen and oxygen atoms in total. The molecule has 2 N–H and O–H groups in total. The second-order valence-electron chi connectivity index (χ2n) is 5.57. The summed E-state index contributed by atoms with van der Waals surface area (Å²) in [5.41, 5.74) is 7.85. The van der Waals surface area contributed by atoms with Crippen molar-refractivity contribution in [2.75, 3.05) is 25.6 Å². The number of ether oxygens (including phenoxy) is 2. The van der Waals surface area contributed by atoms with E-state index in [9.17, 15) is 4.79 Å². The van der Waals surface area contributed by atoms with Gasteiger partial charge in [0.25, 0.3) is 0 Å². The molecule has 0 fully saturated rings. The summed E-state index contributed by atoms with van der Waals surface area (Å²) in [6.07, 6.45) is 7.57. The van der Waals surface area contributed by atoms with Crippen molar-refractivity contribution >= 4 is 11.7 Å². The summed E-state index contributed by atoms with van der Waals surface area (Å²) in [4.78, 5) is 10.6. The van der Waals surface area contributed by atoms with E-state index < -0.39 is 0 Å². The van der Waals surface area contributed by atoms with Crippen molar-refractivity contribution in [3.8, 4) is 0 Å². The molecule has 0 aliphatic rings. The van der Waals surface area contributed by atoms with Gasteiger partial charge in [0.1, 0.15) is 0 Å². The number of aryl methyl sites for hydroxylation is 1. The average Bonchev–Trinajstić information content (AvgIpc) is 2.48. The largest absolute Gasteiger partial charge is 0.466 e. The lowest BCUT2D eigenvalue weighted by atomic mass is 10.1. The fraction of sp³-hybridized carbons (Fsp3) is 0.611. The lowest BCUT2D eigenvalue weighted by Crippen LogP contribution is -2.01. The molecule has 0 unspecified atom stereocenters. The first kappa shape index (κ1) is 18.5. The minimum absolute atomic E-state index is 0.188. The summed E-state index contributed by atoms with van der Waals surface area (Å²) in [7, 11) is 0. The van der Waals surface area contributed by atoms with Crippen LogP contribution in [0.4, 0.5) is 5.69 Å². The Balaban J connectivity index is 1.83. The smallest absolute Gasteiger partial charge is 0.302 e. The van der Waals surface area contributed by atoms with Crippen LogP contribution in [-0.4, -0.2) is 25.8 Å². The zero-order valence-corrected chi connectivity index (χ0v) is 13.7. The van der Waals surface area contributed by atoms with Gasteiger partial charge in [-0.3, -0.25) is 4.79 Å². The number of nitrogen functional groups attached to an aromatic ring is 1. The Morgan fingerprint density at radius 1 is 1.00 bits per heavy atom. The first-order chi connectivity index (χ1) is 10.7. The molecular formula is C18H29NO3. The van der Waals surface area contributed by atoms with E-state index in [2.05, 4.69) is 6.07 Å². The van der Waals surface area contributed by atoms with E-state index in [1.807, 2.05) is 18.2 Å². The Labute approximate surface area is 134 Å². The Bertz CT molecular complexity index is 421. The Hall–Kier alpha value is -1.55. The summed E-state index contributed by atoms with van der Waals surface area (Å²) in [5.74, 6) is -0.188. The molecule has 0 aliphatic carbocycles. The van der Waals surface area contributed by atoms with E-state index in [0.717, 1.165) is 51.0 Å². The van der Waals surface area contributed by atoms with E-state index in [4.69, 9.17) is 15.2 Å². The molecule has 0 saturated heterocycles. The number of hydrogen-bond acceptors (Lipinski definition) is 4. The van der Waals surface area contributed by atoms with Gasteiger partial charge in [0.15, 0.2) is 0 Å². The predicted octanol–water partition coefficient (Wildman–Crippen LogP) is 3.73. The SMILES string of the molecule is CC(=O)OCCCCCCCOCCCc1cccc(N)c1. The van der Waals surface area contributed by atoms with E-state index >= 15 is 0 Å². The van der Waals surface area contributed by atoms with E-state index in [1.54, 1.807) is 0 Å². The summed E-state index contributed by atoms with van der Waals surface area (Å²) in [6, 6.07) is 8.03. The molecule has 1 aromatic rings. The highest BCUT2D eigenvalue weighted by Crippen LogP contribution is 2.09. The van der Waals surface area contributed by atoms with Crippen molar-refractivity contribution in [1.29, 1.82) is 0 Å². The van der Waals surface area contributed by atoms with Crippen LogP contribution in [0.1, 0.15) is 51.0 Å². The Kier molecular flexibility index (Phi) is 10.1. The third-order valence-corrected chi connectivity index (χ3v) is 3.44. The first-order valence-corrected chi connectivity index (χ1v) is 8.24. The third-order valence-electron chi connectivity index (χ3n) is 3.44. The van der Waals surface area contributed by atoms with Crippen molar-refractivity contribution in [1.82, 2.24) is 0 Å². The number of carbonyl (C=O) groups excluding carboxylic acids is 1. The number of hydrogen-bond donors (Lipinski definition) is 1. The van der Waals surface area contributed by atoms with Crippen LogP contribution in [0.25, 0.3) is 0 Å². The van der Waals surface area contributed by atoms with Crippen LogP contribution in [0.3, 0.4) is 0 Å². The monoisotopic (exact) mass is 307 g/mol. The van der Waals surface area contributed by atoms with Gasteiger partial charge in [-0.25, -0.2) is 0 Å².